The Kier molecular flexibility index (Phi) is 5.47. The van der Waals surface area contributed by atoms with E-state index in [0.29, 0.717) is 36.7 Å². The SMILES string of the molecule is CCc1cc(OC(=O)C2CCN(S(C)(=O)=O)CC2)ccc1Cl. The highest BCUT2D eigenvalue weighted by molar-refractivity contribution is 7.88. The molecule has 0 saturated carbocycles. The average molecular weight is 346 g/mol. The molecule has 0 radical (unpaired) electrons. The van der Waals surface area contributed by atoms with Crippen molar-refractivity contribution in [3.05, 3.63) is 28.8 Å². The predicted molar refractivity (Wildman–Crippen MR) is 85.6 cm³/mol. The van der Waals surface area contributed by atoms with Crippen molar-refractivity contribution in [3.8, 4) is 5.75 Å². The van der Waals surface area contributed by atoms with Crippen LogP contribution in [0.25, 0.3) is 0 Å². The van der Waals surface area contributed by atoms with Gasteiger partial charge in [-0.15, -0.1) is 0 Å². The van der Waals surface area contributed by atoms with E-state index in [0.717, 1.165) is 12.0 Å². The van der Waals surface area contributed by atoms with Gasteiger partial charge >= 0.3 is 5.97 Å². The number of aryl methyl sites for hydroxylation is 1. The van der Waals surface area contributed by atoms with E-state index in [9.17, 15) is 13.2 Å². The minimum absolute atomic E-state index is 0.265. The molecule has 122 valence electrons. The summed E-state index contributed by atoms with van der Waals surface area (Å²) in [5.74, 6) is -0.0897. The smallest absolute Gasteiger partial charge is 0.314 e. The van der Waals surface area contributed by atoms with E-state index in [-0.39, 0.29) is 11.9 Å². The summed E-state index contributed by atoms with van der Waals surface area (Å²) >= 11 is 6.04. The first-order valence-corrected chi connectivity index (χ1v) is 9.49. The monoisotopic (exact) mass is 345 g/mol. The second kappa shape index (κ2) is 6.98. The summed E-state index contributed by atoms with van der Waals surface area (Å²) < 4.78 is 29.7. The highest BCUT2D eigenvalue weighted by atomic mass is 35.5. The zero-order valence-electron chi connectivity index (χ0n) is 12.7. The molecule has 22 heavy (non-hydrogen) atoms. The molecule has 1 aliphatic heterocycles. The van der Waals surface area contributed by atoms with Crippen LogP contribution in [0.2, 0.25) is 5.02 Å². The maximum absolute atomic E-state index is 12.2. The lowest BCUT2D eigenvalue weighted by Crippen LogP contribution is -2.40. The van der Waals surface area contributed by atoms with Gasteiger partial charge in [0.15, 0.2) is 0 Å². The van der Waals surface area contributed by atoms with Crippen LogP contribution in [0.3, 0.4) is 0 Å². The van der Waals surface area contributed by atoms with Crippen LogP contribution >= 0.6 is 11.6 Å². The molecule has 1 aromatic rings. The number of rotatable bonds is 4. The number of ether oxygens (including phenoxy) is 1. The van der Waals surface area contributed by atoms with Gasteiger partial charge in [-0.25, -0.2) is 12.7 Å². The van der Waals surface area contributed by atoms with Crippen molar-refractivity contribution in [2.24, 2.45) is 5.92 Å². The highest BCUT2D eigenvalue weighted by Gasteiger charge is 2.30. The van der Waals surface area contributed by atoms with Crippen LogP contribution in [0, 0.1) is 5.92 Å². The van der Waals surface area contributed by atoms with E-state index in [2.05, 4.69) is 0 Å². The molecule has 0 aromatic heterocycles. The molecule has 2 rings (SSSR count). The predicted octanol–water partition coefficient (Wildman–Crippen LogP) is 2.48. The molecule has 7 heteroatoms. The maximum Gasteiger partial charge on any atom is 0.314 e. The van der Waals surface area contributed by atoms with Gasteiger partial charge in [-0.3, -0.25) is 4.79 Å². The molecule has 1 saturated heterocycles. The number of sulfonamides is 1. The lowest BCUT2D eigenvalue weighted by atomic mass is 9.98. The van der Waals surface area contributed by atoms with E-state index in [1.54, 1.807) is 18.2 Å². The zero-order chi connectivity index (χ0) is 16.3. The fourth-order valence-corrected chi connectivity index (χ4v) is 3.63. The number of nitrogens with zero attached hydrogens (tertiary/aromatic N) is 1. The largest absolute Gasteiger partial charge is 0.426 e. The maximum atomic E-state index is 12.2. The third-order valence-electron chi connectivity index (χ3n) is 3.87. The summed E-state index contributed by atoms with van der Waals surface area (Å²) in [6.45, 7) is 2.70. The van der Waals surface area contributed by atoms with Crippen LogP contribution in [-0.4, -0.2) is 38.0 Å². The lowest BCUT2D eigenvalue weighted by molar-refractivity contribution is -0.140. The van der Waals surface area contributed by atoms with Gasteiger partial charge in [0, 0.05) is 18.1 Å². The van der Waals surface area contributed by atoms with E-state index in [1.807, 2.05) is 6.92 Å². The van der Waals surface area contributed by atoms with Gasteiger partial charge in [-0.05, 0) is 43.0 Å². The first kappa shape index (κ1) is 17.2. The molecule has 1 aromatic carbocycles. The Balaban J connectivity index is 1.96. The third kappa shape index (κ3) is 4.21. The number of piperidine rings is 1. The summed E-state index contributed by atoms with van der Waals surface area (Å²) in [6, 6.07) is 5.16. The van der Waals surface area contributed by atoms with Crippen LogP contribution in [0.15, 0.2) is 18.2 Å². The molecule has 5 nitrogen and oxygen atoms in total. The Morgan fingerprint density at radius 3 is 2.55 bits per heavy atom. The normalized spacial score (nSPS) is 17.4. The molecule has 1 aliphatic rings. The van der Waals surface area contributed by atoms with Gasteiger partial charge in [0.2, 0.25) is 10.0 Å². The molecule has 0 amide bonds. The van der Waals surface area contributed by atoms with Crippen LogP contribution in [0.1, 0.15) is 25.3 Å². The first-order valence-electron chi connectivity index (χ1n) is 7.26. The number of esters is 1. The Bertz CT molecular complexity index is 652. The van der Waals surface area contributed by atoms with Crippen LogP contribution in [0.5, 0.6) is 5.75 Å². The van der Waals surface area contributed by atoms with Crippen molar-refractivity contribution in [2.75, 3.05) is 19.3 Å². The van der Waals surface area contributed by atoms with Crippen molar-refractivity contribution in [3.63, 3.8) is 0 Å². The van der Waals surface area contributed by atoms with Gasteiger partial charge in [0.1, 0.15) is 5.75 Å². The van der Waals surface area contributed by atoms with E-state index < -0.39 is 10.0 Å². The molecule has 0 N–H and O–H groups in total. The summed E-state index contributed by atoms with van der Waals surface area (Å²) in [5, 5.41) is 0.656. The van der Waals surface area contributed by atoms with Crippen molar-refractivity contribution in [1.82, 2.24) is 4.31 Å². The van der Waals surface area contributed by atoms with E-state index in [1.165, 1.54) is 10.6 Å². The molecule has 1 fully saturated rings. The Morgan fingerprint density at radius 2 is 2.00 bits per heavy atom. The second-order valence-electron chi connectivity index (χ2n) is 5.46. The van der Waals surface area contributed by atoms with Crippen LogP contribution in [0.4, 0.5) is 0 Å². The number of hydrogen-bond donors (Lipinski definition) is 0. The average Bonchev–Trinajstić information content (AvgIpc) is 2.48. The quantitative estimate of drug-likeness (QED) is 0.621. The summed E-state index contributed by atoms with van der Waals surface area (Å²) in [7, 11) is -3.18. The fraction of sp³-hybridized carbons (Fsp3) is 0.533. The van der Waals surface area contributed by atoms with Crippen LogP contribution in [-0.2, 0) is 21.2 Å². The van der Waals surface area contributed by atoms with E-state index in [4.69, 9.17) is 16.3 Å². The molecular formula is C15H20ClNO4S. The molecule has 0 unspecified atom stereocenters. The van der Waals surface area contributed by atoms with E-state index >= 15 is 0 Å². The van der Waals surface area contributed by atoms with Crippen molar-refractivity contribution < 1.29 is 17.9 Å². The summed E-state index contributed by atoms with van der Waals surface area (Å²) in [4.78, 5) is 12.2. The molecule has 0 atom stereocenters. The molecule has 0 aliphatic carbocycles. The fourth-order valence-electron chi connectivity index (χ4n) is 2.51. The first-order chi connectivity index (χ1) is 10.3. The van der Waals surface area contributed by atoms with Gasteiger partial charge in [-0.2, -0.15) is 0 Å². The number of halogens is 1. The molecule has 0 spiro atoms. The lowest BCUT2D eigenvalue weighted by Gasteiger charge is -2.28. The number of carbonyl (C=O) groups is 1. The topological polar surface area (TPSA) is 63.7 Å². The number of carbonyl (C=O) groups excluding carboxylic acids is 1. The molecular weight excluding hydrogens is 326 g/mol. The van der Waals surface area contributed by atoms with Crippen molar-refractivity contribution >= 4 is 27.6 Å². The second-order valence-corrected chi connectivity index (χ2v) is 7.85. The van der Waals surface area contributed by atoms with Gasteiger partial charge < -0.3 is 4.74 Å². The van der Waals surface area contributed by atoms with Gasteiger partial charge in [0.05, 0.1) is 12.2 Å². The Labute approximate surface area is 136 Å². The summed E-state index contributed by atoms with van der Waals surface area (Å²) in [6.07, 6.45) is 2.92. The van der Waals surface area contributed by atoms with Gasteiger partial charge in [-0.1, -0.05) is 18.5 Å². The van der Waals surface area contributed by atoms with Crippen molar-refractivity contribution in [2.45, 2.75) is 26.2 Å². The molecule has 0 bridgehead atoms. The Morgan fingerprint density at radius 1 is 1.36 bits per heavy atom. The third-order valence-corrected chi connectivity index (χ3v) is 5.54. The number of benzene rings is 1. The Hall–Kier alpha value is -1.11. The van der Waals surface area contributed by atoms with Crippen molar-refractivity contribution in [1.29, 1.82) is 0 Å². The minimum atomic E-state index is -3.18. The zero-order valence-corrected chi connectivity index (χ0v) is 14.3. The number of hydrogen-bond acceptors (Lipinski definition) is 4. The van der Waals surface area contributed by atoms with Gasteiger partial charge in [0.25, 0.3) is 0 Å². The highest BCUT2D eigenvalue weighted by Crippen LogP contribution is 2.25. The standard InChI is InChI=1S/C15H20ClNO4S/c1-3-11-10-13(4-5-14(11)16)21-15(18)12-6-8-17(9-7-12)22(2,19)20/h4-5,10,12H,3,6-9H2,1-2H3. The van der Waals surface area contributed by atoms with Crippen LogP contribution < -0.4 is 4.74 Å². The minimum Gasteiger partial charge on any atom is -0.426 e. The molecule has 1 heterocycles. The summed E-state index contributed by atoms with van der Waals surface area (Å²) in [5.41, 5.74) is 0.930.